The van der Waals surface area contributed by atoms with Crippen LogP contribution in [0.2, 0.25) is 0 Å². The Morgan fingerprint density at radius 3 is 1.91 bits per heavy atom. The Bertz CT molecular complexity index is 214. The Hall–Kier alpha value is -0.862. The molecule has 0 aliphatic heterocycles. The van der Waals surface area contributed by atoms with Gasteiger partial charge in [0, 0.05) is 12.1 Å². The molecule has 1 atom stereocenters. The van der Waals surface area contributed by atoms with Crippen LogP contribution >= 0.6 is 0 Å². The molecule has 0 bridgehead atoms. The van der Waals surface area contributed by atoms with E-state index in [0.29, 0.717) is 0 Å². The second-order valence-corrected chi connectivity index (χ2v) is 1.59. The quantitative estimate of drug-likeness (QED) is 0.365. The maximum absolute atomic E-state index is 10.0. The van der Waals surface area contributed by atoms with E-state index in [-0.39, 0.29) is 29.1 Å². The zero-order valence-corrected chi connectivity index (χ0v) is 8.82. The third-order valence-corrected chi connectivity index (χ3v) is 0.967. The van der Waals surface area contributed by atoms with Crippen molar-refractivity contribution in [2.45, 2.75) is 0 Å². The minimum absolute atomic E-state index is 0. The predicted octanol–water partition coefficient (Wildman–Crippen LogP) is -0.414. The molecule has 62 valence electrons. The Balaban J connectivity index is 0. The Morgan fingerprint density at radius 1 is 1.18 bits per heavy atom. The summed E-state index contributed by atoms with van der Waals surface area (Å²) < 4.78 is 0. The fourth-order valence-corrected chi connectivity index (χ4v) is 0.550. The molecule has 0 saturated carbocycles. The van der Waals surface area contributed by atoms with Gasteiger partial charge in [0.15, 0.2) is 0 Å². The summed E-state index contributed by atoms with van der Waals surface area (Å²) in [5, 5.41) is 10.0. The monoisotopic (exact) mass is 219 g/mol. The van der Waals surface area contributed by atoms with Crippen LogP contribution in [0.1, 0.15) is 0 Å². The molecule has 0 aromatic heterocycles. The third kappa shape index (κ3) is 3.75. The molecule has 2 N–H and O–H groups in total. The summed E-state index contributed by atoms with van der Waals surface area (Å²) in [4.78, 5) is 9.59. The maximum atomic E-state index is 10.0. The van der Waals surface area contributed by atoms with Gasteiger partial charge in [-0.3, -0.25) is 10.1 Å². The van der Waals surface area contributed by atoms with Crippen LogP contribution in [-0.4, -0.2) is 28.4 Å². The van der Waals surface area contributed by atoms with Gasteiger partial charge in [0.2, 0.25) is 0 Å². The average Bonchev–Trinajstić information content (AvgIpc) is 1.90. The number of non-ortho nitro benzene ring substituents is 1. The predicted molar refractivity (Wildman–Crippen MR) is 46.6 cm³/mol. The van der Waals surface area contributed by atoms with E-state index in [1.54, 1.807) is 18.2 Å². The van der Waals surface area contributed by atoms with Gasteiger partial charge in [0.1, 0.15) is 0 Å². The topological polar surface area (TPSA) is 74.6 Å². The van der Waals surface area contributed by atoms with Crippen molar-refractivity contribution in [2.75, 3.05) is 0 Å². The molecule has 0 aliphatic rings. The number of nitrogens with zero attached hydrogens (tertiary/aromatic N) is 1. The molecule has 0 saturated heterocycles. The van der Waals surface area contributed by atoms with Crippen LogP contribution in [0, 0.1) is 10.1 Å². The second kappa shape index (κ2) is 5.89. The van der Waals surface area contributed by atoms with Crippen molar-refractivity contribution in [2.24, 2.45) is 0 Å². The molecule has 0 aliphatic carbocycles. The van der Waals surface area contributed by atoms with Crippen LogP contribution in [-0.2, 0) is 0 Å². The number of nitro benzene ring substituents is 1. The summed E-state index contributed by atoms with van der Waals surface area (Å²) in [6.45, 7) is 0. The van der Waals surface area contributed by atoms with Gasteiger partial charge in [-0.25, -0.2) is 0 Å². The van der Waals surface area contributed by atoms with E-state index in [2.05, 4.69) is 0 Å². The first-order chi connectivity index (χ1) is 4.30. The van der Waals surface area contributed by atoms with Crippen molar-refractivity contribution in [1.82, 2.24) is 0 Å². The van der Waals surface area contributed by atoms with E-state index in [4.69, 9.17) is 0 Å². The number of nitro groups is 1. The summed E-state index contributed by atoms with van der Waals surface area (Å²) in [6.07, 6.45) is 0. The Morgan fingerprint density at radius 2 is 1.64 bits per heavy atom. The first kappa shape index (κ1) is 12.8. The van der Waals surface area contributed by atoms with Gasteiger partial charge < -0.3 is 5.48 Å². The Labute approximate surface area is 75.0 Å². The van der Waals surface area contributed by atoms with E-state index < -0.39 is 4.92 Å². The van der Waals surface area contributed by atoms with Crippen LogP contribution in [0.5, 0.6) is 0 Å². The van der Waals surface area contributed by atoms with Crippen LogP contribution in [0.4, 0.5) is 5.69 Å². The van der Waals surface area contributed by atoms with Crippen molar-refractivity contribution < 1.29 is 10.4 Å². The van der Waals surface area contributed by atoms with E-state index in [0.717, 1.165) is 0 Å². The minimum atomic E-state index is -0.417. The van der Waals surface area contributed by atoms with E-state index in [9.17, 15) is 10.1 Å². The normalized spacial score (nSPS) is 7.27. The van der Waals surface area contributed by atoms with E-state index >= 15 is 0 Å². The first-order valence-electron chi connectivity index (χ1n) is 2.50. The molecule has 4 nitrogen and oxygen atoms in total. The molecule has 0 amide bonds. The summed E-state index contributed by atoms with van der Waals surface area (Å²) >= 11 is 0. The summed E-state index contributed by atoms with van der Waals surface area (Å²) in [5.41, 5.74) is 0.137. The van der Waals surface area contributed by atoms with Crippen LogP contribution in [0.3, 0.4) is 0 Å². The van der Waals surface area contributed by atoms with Crippen molar-refractivity contribution >= 4 is 23.6 Å². The number of para-hydroxylation sites is 1. The molecule has 0 spiro atoms. The van der Waals surface area contributed by atoms with Gasteiger partial charge in [-0.1, -0.05) is 18.2 Å². The SMILES string of the molecule is O.O=[N+]([O-])c1ccccc1.[AsH3]. The zero-order valence-electron chi connectivity index (χ0n) is 5.86. The molecule has 5 heteroatoms. The van der Waals surface area contributed by atoms with Gasteiger partial charge in [0.05, 0.1) is 4.92 Å². The van der Waals surface area contributed by atoms with Crippen molar-refractivity contribution in [1.29, 1.82) is 0 Å². The van der Waals surface area contributed by atoms with Gasteiger partial charge in [0.25, 0.3) is 5.69 Å². The van der Waals surface area contributed by atoms with E-state index in [1.165, 1.54) is 12.1 Å². The molecule has 0 radical (unpaired) electrons. The fraction of sp³-hybridized carbons (Fsp3) is 0. The molecule has 1 aromatic rings. The fourth-order valence-electron chi connectivity index (χ4n) is 0.550. The summed E-state index contributed by atoms with van der Waals surface area (Å²) in [7, 11) is 0. The van der Waals surface area contributed by atoms with Crippen LogP contribution < -0.4 is 0 Å². The standard InChI is InChI=1S/C6H5NO2.AsH3.H2O/c8-7(9)6-4-2-1-3-5-6;;/h1-5H;1H3;1H2. The molecule has 0 fully saturated rings. The van der Waals surface area contributed by atoms with Gasteiger partial charge in [-0.15, -0.1) is 0 Å². The zero-order chi connectivity index (χ0) is 6.69. The molecular weight excluding hydrogens is 209 g/mol. The van der Waals surface area contributed by atoms with Crippen molar-refractivity contribution in [3.8, 4) is 0 Å². The number of hydrogen-bond donors (Lipinski definition) is 0. The molecule has 1 unspecified atom stereocenters. The van der Waals surface area contributed by atoms with Gasteiger partial charge in [-0.05, 0) is 0 Å². The average molecular weight is 219 g/mol. The molecule has 1 rings (SSSR count). The molecular formula is C6H10AsNO3. The number of hydrogen-bond acceptors (Lipinski definition) is 2. The Kier molecular flexibility index (Phi) is 6.84. The van der Waals surface area contributed by atoms with Crippen molar-refractivity contribution in [3.63, 3.8) is 0 Å². The third-order valence-electron chi connectivity index (χ3n) is 0.967. The summed E-state index contributed by atoms with van der Waals surface area (Å²) in [6, 6.07) is 7.93. The van der Waals surface area contributed by atoms with Crippen LogP contribution in [0.25, 0.3) is 0 Å². The first-order valence-corrected chi connectivity index (χ1v) is 2.50. The summed E-state index contributed by atoms with van der Waals surface area (Å²) in [5.74, 6) is 0. The molecule has 1 aromatic carbocycles. The van der Waals surface area contributed by atoms with Gasteiger partial charge in [-0.2, -0.15) is 0 Å². The van der Waals surface area contributed by atoms with Crippen LogP contribution in [0.15, 0.2) is 30.3 Å². The molecule has 11 heavy (non-hydrogen) atoms. The second-order valence-electron chi connectivity index (χ2n) is 1.59. The number of rotatable bonds is 1. The van der Waals surface area contributed by atoms with Crippen molar-refractivity contribution in [3.05, 3.63) is 40.4 Å². The van der Waals surface area contributed by atoms with Gasteiger partial charge >= 0.3 is 18.0 Å². The van der Waals surface area contributed by atoms with E-state index in [1.807, 2.05) is 0 Å². The number of benzene rings is 1. The molecule has 0 heterocycles.